The number of esters is 3. The molecule has 3 N–H and O–H groups in total. The van der Waals surface area contributed by atoms with Gasteiger partial charge < -0.3 is 43.7 Å². The van der Waals surface area contributed by atoms with E-state index in [0.717, 1.165) is 5.56 Å². The number of hydrogen-bond donors (Lipinski definition) is 3. The van der Waals surface area contributed by atoms with Crippen LogP contribution >= 0.6 is 0 Å². The predicted octanol–water partition coefficient (Wildman–Crippen LogP) is 1.92. The molecule has 0 aromatic heterocycles. The Bertz CT molecular complexity index is 1030. The summed E-state index contributed by atoms with van der Waals surface area (Å²) >= 11 is 0. The summed E-state index contributed by atoms with van der Waals surface area (Å²) in [5, 5.41) is 28.6. The van der Waals surface area contributed by atoms with Gasteiger partial charge in [-0.1, -0.05) is 72.9 Å². The van der Waals surface area contributed by atoms with Crippen LogP contribution in [0.15, 0.2) is 73.4 Å². The standard InChI is InChI=1S/C16H20O4.2C8H12O4.Ru/c1-3-12-20-15(16(18)19-4-2)14(17)11-10-13-8-6-5-7-9-13;2*1-2-11-8(10)7-6(9)4-3-5-12-7;/h3,5-11,14-15,17H,1,4,12H2,2H3;2*3-4,6-7,9H,2,5H2,1H3;/b11-10+;;;/t;6-,7+;6-,7-;/m.01./s1. The summed E-state index contributed by atoms with van der Waals surface area (Å²) in [6, 6.07) is 9.48. The smallest absolute Gasteiger partial charge is 0.338 e. The first-order valence-corrected chi connectivity index (χ1v) is 14.3. The summed E-state index contributed by atoms with van der Waals surface area (Å²) in [7, 11) is 0. The van der Waals surface area contributed by atoms with Crippen LogP contribution in [0.5, 0.6) is 0 Å². The van der Waals surface area contributed by atoms with Crippen LogP contribution in [-0.2, 0) is 62.3 Å². The summed E-state index contributed by atoms with van der Waals surface area (Å²) in [5.41, 5.74) is 0.929. The molecule has 0 bridgehead atoms. The molecule has 0 saturated heterocycles. The molecule has 1 aromatic carbocycles. The van der Waals surface area contributed by atoms with Crippen molar-refractivity contribution in [1.82, 2.24) is 0 Å². The summed E-state index contributed by atoms with van der Waals surface area (Å²) < 4.78 is 29.5. The van der Waals surface area contributed by atoms with Gasteiger partial charge in [-0.05, 0) is 26.3 Å². The van der Waals surface area contributed by atoms with E-state index in [-0.39, 0.29) is 32.7 Å². The molecule has 0 saturated carbocycles. The molecule has 45 heavy (non-hydrogen) atoms. The summed E-state index contributed by atoms with van der Waals surface area (Å²) in [5.74, 6) is -1.59. The Morgan fingerprint density at radius 3 is 1.80 bits per heavy atom. The van der Waals surface area contributed by atoms with E-state index in [1.54, 1.807) is 39.0 Å². The predicted molar refractivity (Wildman–Crippen MR) is 161 cm³/mol. The Hall–Kier alpha value is -3.03. The van der Waals surface area contributed by atoms with Crippen LogP contribution in [0.2, 0.25) is 0 Å². The number of aliphatic hydroxyl groups is 3. The van der Waals surface area contributed by atoms with E-state index in [1.165, 1.54) is 24.3 Å². The Morgan fingerprint density at radius 1 is 0.889 bits per heavy atom. The second kappa shape index (κ2) is 25.2. The van der Waals surface area contributed by atoms with Gasteiger partial charge in [-0.2, -0.15) is 0 Å². The van der Waals surface area contributed by atoms with E-state index in [2.05, 4.69) is 6.58 Å². The number of aliphatic hydroxyl groups excluding tert-OH is 3. The first-order valence-electron chi connectivity index (χ1n) is 14.3. The van der Waals surface area contributed by atoms with Crippen molar-refractivity contribution in [3.8, 4) is 0 Å². The number of carbonyl (C=O) groups is 3. The van der Waals surface area contributed by atoms with Gasteiger partial charge in [0.15, 0.2) is 18.3 Å². The molecule has 12 nitrogen and oxygen atoms in total. The van der Waals surface area contributed by atoms with E-state index in [9.17, 15) is 29.7 Å². The molecule has 0 aliphatic carbocycles. The Morgan fingerprint density at radius 2 is 1.38 bits per heavy atom. The van der Waals surface area contributed by atoms with Gasteiger partial charge in [0.25, 0.3) is 0 Å². The number of hydrogen-bond acceptors (Lipinski definition) is 12. The molecule has 0 spiro atoms. The minimum absolute atomic E-state index is 0. The number of rotatable bonds is 12. The second-order valence-electron chi connectivity index (χ2n) is 8.90. The first kappa shape index (κ1) is 42.0. The molecular formula is C32H44O12Ru. The van der Waals surface area contributed by atoms with E-state index < -0.39 is 54.5 Å². The molecule has 13 heteroatoms. The minimum Gasteiger partial charge on any atom is -0.464 e. The zero-order valence-electron chi connectivity index (χ0n) is 25.7. The quantitative estimate of drug-likeness (QED) is 0.124. The molecular weight excluding hydrogens is 677 g/mol. The van der Waals surface area contributed by atoms with Gasteiger partial charge in [0, 0.05) is 19.5 Å². The van der Waals surface area contributed by atoms with Crippen LogP contribution in [-0.4, -0.2) is 109 Å². The molecule has 0 radical (unpaired) electrons. The van der Waals surface area contributed by atoms with Gasteiger partial charge >= 0.3 is 17.9 Å². The van der Waals surface area contributed by atoms with Gasteiger partial charge in [-0.25, -0.2) is 14.4 Å². The maximum absolute atomic E-state index is 11.7. The fraction of sp³-hybridized carbons (Fsp3) is 0.469. The van der Waals surface area contributed by atoms with E-state index >= 15 is 0 Å². The molecule has 252 valence electrons. The SMILES string of the molecule is C=CCOC(C(=O)OCC)C(O)/C=C/c1ccccc1.CCOC(=O)[C@@H]1OCC=C[C@@H]1O.CCOC(=O)[C@@H]1OCC=C[C@H]1O.[Ru]. The van der Waals surface area contributed by atoms with Crippen molar-refractivity contribution in [3.05, 3.63) is 78.9 Å². The van der Waals surface area contributed by atoms with Crippen LogP contribution < -0.4 is 0 Å². The molecule has 3 rings (SSSR count). The van der Waals surface area contributed by atoms with Gasteiger partial charge in [-0.15, -0.1) is 6.58 Å². The molecule has 0 amide bonds. The maximum atomic E-state index is 11.7. The Balaban J connectivity index is 0.000000672. The van der Waals surface area contributed by atoms with Crippen LogP contribution in [0.4, 0.5) is 0 Å². The molecule has 2 aliphatic heterocycles. The third kappa shape index (κ3) is 16.7. The molecule has 2 unspecified atom stereocenters. The normalized spacial score (nSPS) is 21.4. The first-order chi connectivity index (χ1) is 21.2. The zero-order chi connectivity index (χ0) is 32.7. The third-order valence-electron chi connectivity index (χ3n) is 5.58. The van der Waals surface area contributed by atoms with Gasteiger partial charge in [0.2, 0.25) is 0 Å². The van der Waals surface area contributed by atoms with Crippen molar-refractivity contribution in [2.24, 2.45) is 0 Å². The number of ether oxygens (including phenoxy) is 6. The zero-order valence-corrected chi connectivity index (χ0v) is 27.4. The molecule has 2 aliphatic rings. The average molecular weight is 722 g/mol. The summed E-state index contributed by atoms with van der Waals surface area (Å²) in [4.78, 5) is 33.9. The number of benzene rings is 1. The van der Waals surface area contributed by atoms with Crippen molar-refractivity contribution < 1.29 is 77.6 Å². The Labute approximate surface area is 277 Å². The summed E-state index contributed by atoms with van der Waals surface area (Å²) in [6.07, 6.45) is 5.58. The van der Waals surface area contributed by atoms with Crippen LogP contribution in [0, 0.1) is 0 Å². The van der Waals surface area contributed by atoms with E-state index in [0.29, 0.717) is 26.4 Å². The van der Waals surface area contributed by atoms with E-state index in [1.807, 2.05) is 30.3 Å². The fourth-order valence-electron chi connectivity index (χ4n) is 3.55. The maximum Gasteiger partial charge on any atom is 0.338 e. The largest absolute Gasteiger partial charge is 0.464 e. The van der Waals surface area contributed by atoms with Crippen molar-refractivity contribution >= 4 is 24.0 Å². The van der Waals surface area contributed by atoms with E-state index in [4.69, 9.17) is 28.4 Å². The minimum atomic E-state index is -1.07. The van der Waals surface area contributed by atoms with Gasteiger partial charge in [-0.3, -0.25) is 0 Å². The molecule has 2 heterocycles. The summed E-state index contributed by atoms with van der Waals surface area (Å²) in [6.45, 7) is 10.3. The van der Waals surface area contributed by atoms with Crippen molar-refractivity contribution in [3.63, 3.8) is 0 Å². The van der Waals surface area contributed by atoms with Crippen molar-refractivity contribution in [2.45, 2.75) is 57.4 Å². The van der Waals surface area contributed by atoms with Gasteiger partial charge in [0.1, 0.15) is 18.3 Å². The van der Waals surface area contributed by atoms with Gasteiger partial charge in [0.05, 0.1) is 39.6 Å². The average Bonchev–Trinajstić information content (AvgIpc) is 3.02. The Kier molecular flexibility index (Phi) is 23.5. The molecule has 6 atom stereocenters. The molecule has 0 fully saturated rings. The fourth-order valence-corrected chi connectivity index (χ4v) is 3.55. The van der Waals surface area contributed by atoms with Crippen molar-refractivity contribution in [1.29, 1.82) is 0 Å². The third-order valence-corrected chi connectivity index (χ3v) is 5.58. The van der Waals surface area contributed by atoms with Crippen molar-refractivity contribution in [2.75, 3.05) is 39.6 Å². The second-order valence-corrected chi connectivity index (χ2v) is 8.90. The molecule has 1 aromatic rings. The van der Waals surface area contributed by atoms with Crippen LogP contribution in [0.1, 0.15) is 26.3 Å². The van der Waals surface area contributed by atoms with Crippen LogP contribution in [0.25, 0.3) is 6.08 Å². The monoisotopic (exact) mass is 722 g/mol. The number of carbonyl (C=O) groups excluding carboxylic acids is 3. The topological polar surface area (TPSA) is 167 Å². The van der Waals surface area contributed by atoms with Crippen LogP contribution in [0.3, 0.4) is 0 Å².